The minimum absolute atomic E-state index is 0. The molecule has 0 bridgehead atoms. The van der Waals surface area contributed by atoms with Crippen LogP contribution < -0.4 is 0 Å². The van der Waals surface area contributed by atoms with E-state index in [0.717, 1.165) is 6.54 Å². The average molecular weight is 125 g/mol. The molecule has 1 nitrogen and oxygen atoms in total. The van der Waals surface area contributed by atoms with Gasteiger partial charge < -0.3 is 0 Å². The average Bonchev–Trinajstić information content (AvgIpc) is 2.12. The summed E-state index contributed by atoms with van der Waals surface area (Å²) in [5.41, 5.74) is 1.24. The zero-order valence-corrected chi connectivity index (χ0v) is 5.39. The molecule has 0 radical (unpaired) electrons. The highest BCUT2D eigenvalue weighted by Gasteiger charge is 2.02. The van der Waals surface area contributed by atoms with Crippen LogP contribution in [-0.4, -0.2) is 12.3 Å². The smallest absolute Gasteiger partial charge is 0.0577 e. The second kappa shape index (κ2) is 3.44. The van der Waals surface area contributed by atoms with Crippen LogP contribution >= 0.6 is 0 Å². The molecule has 0 unspecified atom stereocenters. The molecule has 0 aromatic heterocycles. The number of rotatable bonds is 1. The van der Waals surface area contributed by atoms with E-state index in [1.807, 2.05) is 0 Å². The summed E-state index contributed by atoms with van der Waals surface area (Å²) in [6.07, 6.45) is 4.19. The molecule has 0 amide bonds. The summed E-state index contributed by atoms with van der Waals surface area (Å²) in [5.74, 6) is 0.605. The van der Waals surface area contributed by atoms with Crippen molar-refractivity contribution in [2.75, 3.05) is 6.54 Å². The van der Waals surface area contributed by atoms with E-state index in [9.17, 15) is 0 Å². The van der Waals surface area contributed by atoms with Crippen LogP contribution in [0, 0.1) is 5.92 Å². The van der Waals surface area contributed by atoms with E-state index in [2.05, 4.69) is 31.0 Å². The normalized spacial score (nSPS) is 15.7. The van der Waals surface area contributed by atoms with Gasteiger partial charge in [0.15, 0.2) is 0 Å². The molecule has 1 aliphatic heterocycles. The van der Waals surface area contributed by atoms with Gasteiger partial charge in [-0.05, 0) is 12.0 Å². The number of nitrogens with zero attached hydrogens (tertiary/aromatic N) is 1. The first kappa shape index (κ1) is 8.41. The van der Waals surface area contributed by atoms with Crippen LogP contribution in [0.1, 0.15) is 21.3 Å². The molecule has 0 saturated carbocycles. The van der Waals surface area contributed by atoms with Gasteiger partial charge in [-0.3, -0.25) is 4.99 Å². The van der Waals surface area contributed by atoms with Crippen molar-refractivity contribution in [3.05, 3.63) is 12.2 Å². The molecule has 0 saturated heterocycles. The first-order chi connectivity index (χ1) is 3.80. The number of aliphatic imine (C=N–C) groups is 1. The lowest BCUT2D eigenvalue weighted by Crippen LogP contribution is -2.00. The van der Waals surface area contributed by atoms with Gasteiger partial charge in [-0.25, -0.2) is 0 Å². The van der Waals surface area contributed by atoms with E-state index < -0.39 is 0 Å². The summed E-state index contributed by atoms with van der Waals surface area (Å²) in [6, 6.07) is 0. The quantitative estimate of drug-likeness (QED) is 0.510. The van der Waals surface area contributed by atoms with Crippen molar-refractivity contribution in [1.29, 1.82) is 0 Å². The van der Waals surface area contributed by atoms with Crippen molar-refractivity contribution in [2.24, 2.45) is 10.9 Å². The fourth-order valence-electron chi connectivity index (χ4n) is 0.759. The molecule has 1 heteroatoms. The van der Waals surface area contributed by atoms with Crippen molar-refractivity contribution in [3.8, 4) is 0 Å². The molecule has 1 aliphatic rings. The highest BCUT2D eigenvalue weighted by atomic mass is 14.7. The van der Waals surface area contributed by atoms with Gasteiger partial charge in [0.25, 0.3) is 0 Å². The molecule has 52 valence electrons. The minimum atomic E-state index is 0. The predicted molar refractivity (Wildman–Crippen MR) is 43.0 cm³/mol. The van der Waals surface area contributed by atoms with Crippen LogP contribution in [0.5, 0.6) is 0 Å². The fraction of sp³-hybridized carbons (Fsp3) is 0.625. The second-order valence-corrected chi connectivity index (χ2v) is 2.32. The van der Waals surface area contributed by atoms with E-state index in [4.69, 9.17) is 0 Å². The van der Waals surface area contributed by atoms with Gasteiger partial charge in [0.05, 0.1) is 6.54 Å². The molecule has 1 rings (SSSR count). The zero-order valence-electron chi connectivity index (χ0n) is 5.39. The summed E-state index contributed by atoms with van der Waals surface area (Å²) in [4.78, 5) is 4.24. The summed E-state index contributed by atoms with van der Waals surface area (Å²) < 4.78 is 0. The van der Waals surface area contributed by atoms with E-state index >= 15 is 0 Å². The van der Waals surface area contributed by atoms with Crippen molar-refractivity contribution in [1.82, 2.24) is 0 Å². The van der Waals surface area contributed by atoms with Gasteiger partial charge in [0.1, 0.15) is 0 Å². The van der Waals surface area contributed by atoms with Crippen LogP contribution in [0.15, 0.2) is 17.1 Å². The SMILES string of the molecule is C.CC(C)C1=NCC=C1. The zero-order chi connectivity index (χ0) is 5.98. The minimum Gasteiger partial charge on any atom is -0.285 e. The highest BCUT2D eigenvalue weighted by molar-refractivity contribution is 5.97. The molecule has 0 spiro atoms. The van der Waals surface area contributed by atoms with Crippen LogP contribution in [-0.2, 0) is 0 Å². The predicted octanol–water partition coefficient (Wildman–Crippen LogP) is 2.29. The second-order valence-electron chi connectivity index (χ2n) is 2.32. The van der Waals surface area contributed by atoms with Crippen LogP contribution in [0.2, 0.25) is 0 Å². The van der Waals surface area contributed by atoms with Gasteiger partial charge >= 0.3 is 0 Å². The Bertz CT molecular complexity index is 132. The number of hydrogen-bond acceptors (Lipinski definition) is 1. The van der Waals surface area contributed by atoms with Crippen LogP contribution in [0.3, 0.4) is 0 Å². The number of hydrogen-bond donors (Lipinski definition) is 0. The molecule has 0 atom stereocenters. The highest BCUT2D eigenvalue weighted by Crippen LogP contribution is 2.03. The molecule has 0 fully saturated rings. The lowest BCUT2D eigenvalue weighted by Gasteiger charge is -1.98. The Morgan fingerprint density at radius 2 is 2.22 bits per heavy atom. The standard InChI is InChI=1S/C7H11N.CH4/c1-6(2)7-4-3-5-8-7;/h3-4,6H,5H2,1-2H3;1H4. The maximum absolute atomic E-state index is 4.24. The first-order valence-corrected chi connectivity index (χ1v) is 3.01. The van der Waals surface area contributed by atoms with Gasteiger partial charge in [-0.15, -0.1) is 0 Å². The van der Waals surface area contributed by atoms with Crippen LogP contribution in [0.4, 0.5) is 0 Å². The van der Waals surface area contributed by atoms with Crippen molar-refractivity contribution in [2.45, 2.75) is 21.3 Å². The lowest BCUT2D eigenvalue weighted by molar-refractivity contribution is 0.887. The maximum atomic E-state index is 4.24. The fourth-order valence-corrected chi connectivity index (χ4v) is 0.759. The maximum Gasteiger partial charge on any atom is 0.0577 e. The Hall–Kier alpha value is -0.590. The Kier molecular flexibility index (Phi) is 3.21. The van der Waals surface area contributed by atoms with Gasteiger partial charge in [0, 0.05) is 5.71 Å². The van der Waals surface area contributed by atoms with E-state index in [1.165, 1.54) is 5.71 Å². The third kappa shape index (κ3) is 2.00. The molecule has 0 N–H and O–H groups in total. The molecule has 0 aliphatic carbocycles. The third-order valence-corrected chi connectivity index (χ3v) is 1.26. The monoisotopic (exact) mass is 125 g/mol. The molecular weight excluding hydrogens is 110 g/mol. The molecule has 1 heterocycles. The summed E-state index contributed by atoms with van der Waals surface area (Å²) in [5, 5.41) is 0. The Balaban J connectivity index is 0.000000640. The summed E-state index contributed by atoms with van der Waals surface area (Å²) in [7, 11) is 0. The van der Waals surface area contributed by atoms with E-state index in [1.54, 1.807) is 0 Å². The summed E-state index contributed by atoms with van der Waals surface area (Å²) in [6.45, 7) is 5.22. The molecular formula is C8H15N. The van der Waals surface area contributed by atoms with Gasteiger partial charge in [0.2, 0.25) is 0 Å². The van der Waals surface area contributed by atoms with E-state index in [-0.39, 0.29) is 7.43 Å². The summed E-state index contributed by atoms with van der Waals surface area (Å²) >= 11 is 0. The number of allylic oxidation sites excluding steroid dienone is 1. The first-order valence-electron chi connectivity index (χ1n) is 3.01. The molecule has 0 aromatic rings. The van der Waals surface area contributed by atoms with Crippen LogP contribution in [0.25, 0.3) is 0 Å². The largest absolute Gasteiger partial charge is 0.285 e. The Morgan fingerprint density at radius 3 is 2.44 bits per heavy atom. The molecule has 9 heavy (non-hydrogen) atoms. The molecule has 0 aromatic carbocycles. The topological polar surface area (TPSA) is 12.4 Å². The van der Waals surface area contributed by atoms with Crippen molar-refractivity contribution in [3.63, 3.8) is 0 Å². The Labute approximate surface area is 57.5 Å². The van der Waals surface area contributed by atoms with Crippen molar-refractivity contribution >= 4 is 5.71 Å². The van der Waals surface area contributed by atoms with Gasteiger partial charge in [-0.1, -0.05) is 27.4 Å². The lowest BCUT2D eigenvalue weighted by atomic mass is 10.1. The van der Waals surface area contributed by atoms with E-state index in [0.29, 0.717) is 5.92 Å². The Morgan fingerprint density at radius 1 is 1.56 bits per heavy atom. The van der Waals surface area contributed by atoms with Gasteiger partial charge in [-0.2, -0.15) is 0 Å². The van der Waals surface area contributed by atoms with Crippen molar-refractivity contribution < 1.29 is 0 Å². The third-order valence-electron chi connectivity index (χ3n) is 1.26.